The molecule has 2 aliphatic carbocycles. The van der Waals surface area contributed by atoms with Crippen molar-refractivity contribution in [3.63, 3.8) is 0 Å². The summed E-state index contributed by atoms with van der Waals surface area (Å²) in [4.78, 5) is 0. The van der Waals surface area contributed by atoms with Gasteiger partial charge < -0.3 is 25.6 Å². The maximum Gasteiger partial charge on any atom is 0.166 e. The Kier molecular flexibility index (Phi) is 5.57. The average Bonchev–Trinajstić information content (AvgIpc) is 3.03. The molecule has 150 valence electrons. The Morgan fingerprint density at radius 3 is 2.70 bits per heavy atom. The van der Waals surface area contributed by atoms with Gasteiger partial charge in [-0.15, -0.1) is 0 Å². The van der Waals surface area contributed by atoms with Crippen LogP contribution < -0.4 is 20.5 Å². The number of methoxy groups -OCH3 is 1. The van der Waals surface area contributed by atoms with Gasteiger partial charge in [0.1, 0.15) is 12.2 Å². The Morgan fingerprint density at radius 1 is 1.33 bits per heavy atom. The van der Waals surface area contributed by atoms with Gasteiger partial charge in [0.25, 0.3) is 0 Å². The summed E-state index contributed by atoms with van der Waals surface area (Å²) >= 11 is 0. The molecule has 5 heteroatoms. The third-order valence-corrected chi connectivity index (χ3v) is 6.74. The summed E-state index contributed by atoms with van der Waals surface area (Å²) in [6, 6.07) is 4.11. The smallest absolute Gasteiger partial charge is 0.166 e. The van der Waals surface area contributed by atoms with Crippen LogP contribution in [0.4, 0.5) is 0 Å². The van der Waals surface area contributed by atoms with Gasteiger partial charge in [-0.1, -0.05) is 39.0 Å². The van der Waals surface area contributed by atoms with Crippen LogP contribution in [0.2, 0.25) is 0 Å². The lowest BCUT2D eigenvalue weighted by Crippen LogP contribution is -2.69. The zero-order valence-electron chi connectivity index (χ0n) is 17.2. The molecule has 1 aromatic carbocycles. The highest BCUT2D eigenvalue weighted by atomic mass is 16.5. The van der Waals surface area contributed by atoms with Crippen molar-refractivity contribution in [1.82, 2.24) is 5.32 Å². The van der Waals surface area contributed by atoms with E-state index in [-0.39, 0.29) is 12.0 Å². The number of rotatable bonds is 4. The number of nitrogens with one attached hydrogen (secondary N) is 1. The van der Waals surface area contributed by atoms with Crippen LogP contribution in [-0.2, 0) is 11.8 Å². The fourth-order valence-electron chi connectivity index (χ4n) is 5.59. The van der Waals surface area contributed by atoms with Crippen molar-refractivity contribution >= 4 is 0 Å². The van der Waals surface area contributed by atoms with Crippen molar-refractivity contribution in [2.24, 2.45) is 11.7 Å². The molecule has 1 aromatic rings. The lowest BCUT2D eigenvalue weighted by Gasteiger charge is -2.54. The highest BCUT2D eigenvalue weighted by molar-refractivity contribution is 5.62. The number of aliphatic hydroxyl groups is 1. The molecule has 5 nitrogen and oxygen atoms in total. The number of ether oxygens (including phenoxy) is 2. The molecule has 4 N–H and O–H groups in total. The first-order chi connectivity index (χ1) is 13.0. The molecule has 5 atom stereocenters. The molecule has 0 saturated carbocycles. The number of benzene rings is 1. The van der Waals surface area contributed by atoms with E-state index in [9.17, 15) is 5.11 Å². The van der Waals surface area contributed by atoms with E-state index in [0.717, 1.165) is 42.9 Å². The second kappa shape index (κ2) is 7.46. The lowest BCUT2D eigenvalue weighted by atomic mass is 9.52. The maximum absolute atomic E-state index is 10.9. The Bertz CT molecular complexity index is 720. The fraction of sp³-hybridized carbons (Fsp3) is 0.636. The van der Waals surface area contributed by atoms with Crippen LogP contribution >= 0.6 is 0 Å². The molecule has 27 heavy (non-hydrogen) atoms. The monoisotopic (exact) mass is 374 g/mol. The lowest BCUT2D eigenvalue weighted by molar-refractivity contribution is -0.0131. The van der Waals surface area contributed by atoms with E-state index in [1.165, 1.54) is 5.56 Å². The largest absolute Gasteiger partial charge is 0.493 e. The molecule has 0 spiro atoms. The van der Waals surface area contributed by atoms with E-state index in [0.29, 0.717) is 0 Å². The second-order valence-electron chi connectivity index (χ2n) is 7.57. The molecule has 0 fully saturated rings. The molecule has 1 heterocycles. The van der Waals surface area contributed by atoms with Crippen LogP contribution in [0.5, 0.6) is 11.5 Å². The first kappa shape index (κ1) is 20.2. The van der Waals surface area contributed by atoms with Gasteiger partial charge in [-0.05, 0) is 37.9 Å². The van der Waals surface area contributed by atoms with Crippen molar-refractivity contribution in [2.75, 3.05) is 20.7 Å². The molecule has 0 saturated heterocycles. The maximum atomic E-state index is 10.9. The summed E-state index contributed by atoms with van der Waals surface area (Å²) in [7, 11) is 3.61. The van der Waals surface area contributed by atoms with E-state index < -0.39 is 17.1 Å². The number of hydrogen-bond acceptors (Lipinski definition) is 5. The summed E-state index contributed by atoms with van der Waals surface area (Å²) < 4.78 is 11.9. The van der Waals surface area contributed by atoms with Crippen LogP contribution in [0.3, 0.4) is 0 Å². The van der Waals surface area contributed by atoms with Gasteiger partial charge in [0.15, 0.2) is 11.5 Å². The van der Waals surface area contributed by atoms with Gasteiger partial charge in [0.2, 0.25) is 0 Å². The highest BCUT2D eigenvalue weighted by Crippen LogP contribution is 2.61. The van der Waals surface area contributed by atoms with Crippen molar-refractivity contribution in [3.05, 3.63) is 35.4 Å². The van der Waals surface area contributed by atoms with Gasteiger partial charge >= 0.3 is 0 Å². The third-order valence-electron chi connectivity index (χ3n) is 6.74. The van der Waals surface area contributed by atoms with Crippen molar-refractivity contribution in [3.8, 4) is 11.5 Å². The van der Waals surface area contributed by atoms with Crippen molar-refractivity contribution in [1.29, 1.82) is 0 Å². The SMILES string of the molecule is CC.CCC12c3c4ccc(OC)c3O[C@H]1[C@@H](O)C=CC(CNC)C2(N)CC4. The Hall–Kier alpha value is -1.56. The summed E-state index contributed by atoms with van der Waals surface area (Å²) in [5, 5.41) is 14.2. The average molecular weight is 375 g/mol. The predicted octanol–water partition coefficient (Wildman–Crippen LogP) is 2.54. The van der Waals surface area contributed by atoms with Crippen LogP contribution in [0.25, 0.3) is 0 Å². The topological polar surface area (TPSA) is 76.7 Å². The van der Waals surface area contributed by atoms with Gasteiger partial charge in [-0.3, -0.25) is 0 Å². The number of aliphatic hydroxyl groups excluding tert-OH is 1. The summed E-state index contributed by atoms with van der Waals surface area (Å²) in [5.74, 6) is 1.63. The zero-order valence-corrected chi connectivity index (χ0v) is 17.2. The number of hydrogen-bond donors (Lipinski definition) is 3. The van der Waals surface area contributed by atoms with Gasteiger partial charge in [-0.25, -0.2) is 0 Å². The standard InChI is InChI=1S/C20H28N2O3.C2H6/c1-4-19-16-12-5-8-15(24-3)17(16)25-18(19)14(23)7-6-13(11-22-2)20(19,21)10-9-12;1-2/h5-8,13-14,18,22-23H,4,9-11,21H2,1-3H3;1-2H3/t13?,14-,18-,19?,20?;/m0./s1. The third kappa shape index (κ3) is 2.55. The van der Waals surface area contributed by atoms with Gasteiger partial charge in [0, 0.05) is 23.6 Å². The predicted molar refractivity (Wildman–Crippen MR) is 109 cm³/mol. The van der Waals surface area contributed by atoms with Crippen LogP contribution in [0, 0.1) is 5.92 Å². The Morgan fingerprint density at radius 2 is 2.07 bits per heavy atom. The molecular formula is C22H34N2O3. The molecule has 0 radical (unpaired) electrons. The van der Waals surface area contributed by atoms with Crippen LogP contribution in [0.1, 0.15) is 44.7 Å². The molecule has 3 aliphatic rings. The Balaban J connectivity index is 0.00000102. The van der Waals surface area contributed by atoms with E-state index in [1.807, 2.05) is 33.0 Å². The molecule has 0 amide bonds. The van der Waals surface area contributed by atoms with Gasteiger partial charge in [0.05, 0.1) is 12.5 Å². The first-order valence-electron chi connectivity index (χ1n) is 10.2. The fourth-order valence-corrected chi connectivity index (χ4v) is 5.59. The second-order valence-corrected chi connectivity index (χ2v) is 7.57. The Labute approximate surface area is 162 Å². The molecule has 0 bridgehead atoms. The molecule has 3 unspecified atom stereocenters. The minimum atomic E-state index is -0.687. The van der Waals surface area contributed by atoms with Crippen molar-refractivity contribution in [2.45, 2.75) is 63.2 Å². The summed E-state index contributed by atoms with van der Waals surface area (Å²) in [6.45, 7) is 6.94. The first-order valence-corrected chi connectivity index (χ1v) is 10.2. The van der Waals surface area contributed by atoms with Crippen LogP contribution in [0.15, 0.2) is 24.3 Å². The molecular weight excluding hydrogens is 340 g/mol. The number of aryl methyl sites for hydroxylation is 1. The molecule has 1 aliphatic heterocycles. The normalized spacial score (nSPS) is 35.4. The van der Waals surface area contributed by atoms with E-state index >= 15 is 0 Å². The van der Waals surface area contributed by atoms with E-state index in [2.05, 4.69) is 24.4 Å². The summed E-state index contributed by atoms with van der Waals surface area (Å²) in [5.41, 5.74) is 8.75. The van der Waals surface area contributed by atoms with Crippen molar-refractivity contribution < 1.29 is 14.6 Å². The minimum absolute atomic E-state index is 0.131. The highest BCUT2D eigenvalue weighted by Gasteiger charge is 2.66. The zero-order chi connectivity index (χ0) is 19.8. The van der Waals surface area contributed by atoms with Crippen LogP contribution in [-0.4, -0.2) is 43.6 Å². The van der Waals surface area contributed by atoms with Gasteiger partial charge in [-0.2, -0.15) is 0 Å². The number of nitrogens with two attached hydrogens (primary N) is 1. The summed E-state index contributed by atoms with van der Waals surface area (Å²) in [6.07, 6.45) is 5.51. The molecule has 4 rings (SSSR count). The quantitative estimate of drug-likeness (QED) is 0.706. The minimum Gasteiger partial charge on any atom is -0.493 e. The van der Waals surface area contributed by atoms with E-state index in [4.69, 9.17) is 15.2 Å². The molecule has 0 aromatic heterocycles. The van der Waals surface area contributed by atoms with E-state index in [1.54, 1.807) is 7.11 Å².